The monoisotopic (exact) mass is 297 g/mol. The summed E-state index contributed by atoms with van der Waals surface area (Å²) in [4.78, 5) is 4.63. The highest BCUT2D eigenvalue weighted by atomic mass is 16.5. The first-order valence-corrected chi connectivity index (χ1v) is 8.42. The Labute approximate surface area is 134 Å². The number of rotatable bonds is 8. The standard InChI is InChI=1S/C20H27NO/c1-4-6-14-22-19-11-9-18(10-12-19)16(3)20-13-8-17(7-5-2)15-21-20/h8-13,15-16H,4-7,14H2,1-3H3. The highest BCUT2D eigenvalue weighted by Crippen LogP contribution is 2.24. The number of aryl methyl sites for hydroxylation is 1. The predicted molar refractivity (Wildman–Crippen MR) is 92.6 cm³/mol. The molecule has 0 saturated heterocycles. The zero-order chi connectivity index (χ0) is 15.8. The third kappa shape index (κ3) is 4.59. The maximum Gasteiger partial charge on any atom is 0.119 e. The average molecular weight is 297 g/mol. The highest BCUT2D eigenvalue weighted by molar-refractivity contribution is 5.33. The third-order valence-corrected chi connectivity index (χ3v) is 3.98. The smallest absolute Gasteiger partial charge is 0.119 e. The topological polar surface area (TPSA) is 22.1 Å². The molecule has 2 heteroatoms. The number of ether oxygens (including phenoxy) is 1. The summed E-state index contributed by atoms with van der Waals surface area (Å²) in [5.41, 5.74) is 3.72. The van der Waals surface area contributed by atoms with Crippen LogP contribution in [-0.2, 0) is 6.42 Å². The number of hydrogen-bond acceptors (Lipinski definition) is 2. The molecule has 22 heavy (non-hydrogen) atoms. The van der Waals surface area contributed by atoms with E-state index in [1.807, 2.05) is 6.20 Å². The normalized spacial score (nSPS) is 12.1. The quantitative estimate of drug-likeness (QED) is 0.611. The van der Waals surface area contributed by atoms with Gasteiger partial charge in [0.1, 0.15) is 5.75 Å². The molecule has 0 amide bonds. The molecule has 2 rings (SSSR count). The fourth-order valence-electron chi connectivity index (χ4n) is 2.49. The Hall–Kier alpha value is -1.83. The maximum absolute atomic E-state index is 5.71. The Morgan fingerprint density at radius 3 is 2.36 bits per heavy atom. The Kier molecular flexibility index (Phi) is 6.45. The summed E-state index contributed by atoms with van der Waals surface area (Å²) >= 11 is 0. The van der Waals surface area contributed by atoms with Crippen molar-refractivity contribution in [2.45, 2.75) is 52.4 Å². The first-order chi connectivity index (χ1) is 10.7. The third-order valence-electron chi connectivity index (χ3n) is 3.98. The lowest BCUT2D eigenvalue weighted by Crippen LogP contribution is -2.01. The number of aromatic nitrogens is 1. The van der Waals surface area contributed by atoms with Crippen LogP contribution < -0.4 is 4.74 Å². The zero-order valence-electron chi connectivity index (χ0n) is 14.0. The minimum atomic E-state index is 0.306. The lowest BCUT2D eigenvalue weighted by atomic mass is 9.96. The van der Waals surface area contributed by atoms with E-state index in [0.717, 1.165) is 43.7 Å². The van der Waals surface area contributed by atoms with Crippen LogP contribution >= 0.6 is 0 Å². The Morgan fingerprint density at radius 1 is 1.00 bits per heavy atom. The molecule has 0 N–H and O–H groups in total. The summed E-state index contributed by atoms with van der Waals surface area (Å²) in [6.07, 6.45) is 6.54. The van der Waals surface area contributed by atoms with Gasteiger partial charge in [-0.25, -0.2) is 0 Å². The number of hydrogen-bond donors (Lipinski definition) is 0. The Bertz CT molecular complexity index is 545. The largest absolute Gasteiger partial charge is 0.494 e. The second-order valence-electron chi connectivity index (χ2n) is 5.83. The van der Waals surface area contributed by atoms with Crippen molar-refractivity contribution >= 4 is 0 Å². The molecule has 0 aliphatic carbocycles. The lowest BCUT2D eigenvalue weighted by Gasteiger charge is -2.13. The van der Waals surface area contributed by atoms with Crippen LogP contribution in [0.15, 0.2) is 42.6 Å². The van der Waals surface area contributed by atoms with E-state index in [4.69, 9.17) is 4.74 Å². The van der Waals surface area contributed by atoms with Crippen molar-refractivity contribution in [3.8, 4) is 5.75 Å². The SMILES string of the molecule is CCCCOc1ccc(C(C)c2ccc(CCC)cn2)cc1. The van der Waals surface area contributed by atoms with Crippen LogP contribution in [0.25, 0.3) is 0 Å². The van der Waals surface area contributed by atoms with Gasteiger partial charge in [0.2, 0.25) is 0 Å². The van der Waals surface area contributed by atoms with Crippen LogP contribution in [0.5, 0.6) is 5.75 Å². The number of benzene rings is 1. The summed E-state index contributed by atoms with van der Waals surface area (Å²) in [5.74, 6) is 1.26. The second kappa shape index (κ2) is 8.57. The molecule has 0 fully saturated rings. The lowest BCUT2D eigenvalue weighted by molar-refractivity contribution is 0.309. The van der Waals surface area contributed by atoms with Gasteiger partial charge in [-0.3, -0.25) is 4.98 Å². The van der Waals surface area contributed by atoms with Crippen LogP contribution in [0.1, 0.15) is 62.8 Å². The van der Waals surface area contributed by atoms with Gasteiger partial charge in [-0.15, -0.1) is 0 Å². The van der Waals surface area contributed by atoms with Crippen LogP contribution in [0, 0.1) is 0 Å². The van der Waals surface area contributed by atoms with Crippen molar-refractivity contribution < 1.29 is 4.74 Å². The van der Waals surface area contributed by atoms with E-state index in [0.29, 0.717) is 5.92 Å². The molecule has 1 atom stereocenters. The average Bonchev–Trinajstić information content (AvgIpc) is 2.56. The Balaban J connectivity index is 2.00. The summed E-state index contributed by atoms with van der Waals surface area (Å²) in [7, 11) is 0. The van der Waals surface area contributed by atoms with Crippen molar-refractivity contribution in [1.29, 1.82) is 0 Å². The fourth-order valence-corrected chi connectivity index (χ4v) is 2.49. The van der Waals surface area contributed by atoms with Gasteiger partial charge < -0.3 is 4.74 Å². The molecule has 2 nitrogen and oxygen atoms in total. The van der Waals surface area contributed by atoms with Gasteiger partial charge in [-0.2, -0.15) is 0 Å². The molecular formula is C20H27NO. The van der Waals surface area contributed by atoms with Crippen LogP contribution in [0.4, 0.5) is 0 Å². The number of nitrogens with zero attached hydrogens (tertiary/aromatic N) is 1. The first-order valence-electron chi connectivity index (χ1n) is 8.42. The van der Waals surface area contributed by atoms with Crippen molar-refractivity contribution in [3.05, 3.63) is 59.4 Å². The van der Waals surface area contributed by atoms with Crippen molar-refractivity contribution in [3.63, 3.8) is 0 Å². The van der Waals surface area contributed by atoms with Gasteiger partial charge >= 0.3 is 0 Å². The van der Waals surface area contributed by atoms with Gasteiger partial charge in [-0.1, -0.05) is 51.8 Å². The van der Waals surface area contributed by atoms with Crippen LogP contribution in [0.3, 0.4) is 0 Å². The molecule has 0 aliphatic heterocycles. The molecule has 0 radical (unpaired) electrons. The van der Waals surface area contributed by atoms with Crippen LogP contribution in [-0.4, -0.2) is 11.6 Å². The molecule has 1 unspecified atom stereocenters. The van der Waals surface area contributed by atoms with Crippen LogP contribution in [0.2, 0.25) is 0 Å². The highest BCUT2D eigenvalue weighted by Gasteiger charge is 2.10. The molecule has 1 heterocycles. The van der Waals surface area contributed by atoms with Gasteiger partial charge in [0.15, 0.2) is 0 Å². The molecule has 0 saturated carbocycles. The van der Waals surface area contributed by atoms with Gasteiger partial charge in [-0.05, 0) is 42.2 Å². The van der Waals surface area contributed by atoms with Crippen molar-refractivity contribution in [2.75, 3.05) is 6.61 Å². The molecule has 1 aromatic heterocycles. The number of unbranched alkanes of at least 4 members (excludes halogenated alkanes) is 1. The van der Waals surface area contributed by atoms with Gasteiger partial charge in [0, 0.05) is 17.8 Å². The fraction of sp³-hybridized carbons (Fsp3) is 0.450. The first kappa shape index (κ1) is 16.5. The van der Waals surface area contributed by atoms with Gasteiger partial charge in [0.05, 0.1) is 6.61 Å². The van der Waals surface area contributed by atoms with E-state index >= 15 is 0 Å². The summed E-state index contributed by atoms with van der Waals surface area (Å²) in [6.45, 7) is 7.37. The Morgan fingerprint density at radius 2 is 1.77 bits per heavy atom. The second-order valence-corrected chi connectivity index (χ2v) is 5.83. The summed E-state index contributed by atoms with van der Waals surface area (Å²) < 4.78 is 5.71. The van der Waals surface area contributed by atoms with E-state index in [1.54, 1.807) is 0 Å². The van der Waals surface area contributed by atoms with Crippen molar-refractivity contribution in [1.82, 2.24) is 4.98 Å². The van der Waals surface area contributed by atoms with E-state index < -0.39 is 0 Å². The summed E-state index contributed by atoms with van der Waals surface area (Å²) in [6, 6.07) is 12.8. The van der Waals surface area contributed by atoms with E-state index in [-0.39, 0.29) is 0 Å². The van der Waals surface area contributed by atoms with Crippen molar-refractivity contribution in [2.24, 2.45) is 0 Å². The van der Waals surface area contributed by atoms with E-state index in [1.165, 1.54) is 11.1 Å². The van der Waals surface area contributed by atoms with E-state index in [2.05, 4.69) is 62.2 Å². The maximum atomic E-state index is 5.71. The summed E-state index contributed by atoms with van der Waals surface area (Å²) in [5, 5.41) is 0. The van der Waals surface area contributed by atoms with Gasteiger partial charge in [0.25, 0.3) is 0 Å². The molecule has 0 bridgehead atoms. The van der Waals surface area contributed by atoms with E-state index in [9.17, 15) is 0 Å². The molecular weight excluding hydrogens is 270 g/mol. The number of pyridine rings is 1. The molecule has 118 valence electrons. The minimum Gasteiger partial charge on any atom is -0.494 e. The minimum absolute atomic E-state index is 0.306. The molecule has 2 aromatic rings. The zero-order valence-corrected chi connectivity index (χ0v) is 14.0. The predicted octanol–water partition coefficient (Wildman–Crippen LogP) is 5.36. The molecule has 0 aliphatic rings. The molecule has 0 spiro atoms. The molecule has 1 aromatic carbocycles.